The molecule has 0 unspecified atom stereocenters. The molecule has 1 aromatic carbocycles. The molecule has 0 N–H and O–H groups in total. The molecule has 122 valence electrons. The molecule has 3 fully saturated rings. The van der Waals surface area contributed by atoms with Crippen molar-refractivity contribution >= 4 is 17.5 Å². The van der Waals surface area contributed by atoms with Gasteiger partial charge in [-0.2, -0.15) is 0 Å². The van der Waals surface area contributed by atoms with Gasteiger partial charge in [-0.05, 0) is 38.3 Å². The number of hydrogen-bond donors (Lipinski definition) is 0. The van der Waals surface area contributed by atoms with Gasteiger partial charge < -0.3 is 9.80 Å². The maximum absolute atomic E-state index is 14.0. The molecule has 4 rings (SSSR count). The highest BCUT2D eigenvalue weighted by Crippen LogP contribution is 2.46. The van der Waals surface area contributed by atoms with Gasteiger partial charge in [0.1, 0.15) is 0 Å². The molecule has 2 heterocycles. The van der Waals surface area contributed by atoms with Gasteiger partial charge in [-0.3, -0.25) is 9.59 Å². The van der Waals surface area contributed by atoms with E-state index >= 15 is 0 Å². The van der Waals surface area contributed by atoms with Crippen molar-refractivity contribution in [1.29, 1.82) is 0 Å². The van der Waals surface area contributed by atoms with E-state index in [2.05, 4.69) is 0 Å². The lowest BCUT2D eigenvalue weighted by Crippen LogP contribution is -2.39. The molecule has 4 nitrogen and oxygen atoms in total. The number of anilines is 1. The maximum atomic E-state index is 14.0. The van der Waals surface area contributed by atoms with Gasteiger partial charge in [0.25, 0.3) is 5.91 Å². The molecule has 23 heavy (non-hydrogen) atoms. The quantitative estimate of drug-likeness (QED) is 0.841. The summed E-state index contributed by atoms with van der Waals surface area (Å²) in [5.41, 5.74) is 0.255. The number of rotatable bonds is 2. The van der Waals surface area contributed by atoms with E-state index in [4.69, 9.17) is 0 Å². The fourth-order valence-electron chi connectivity index (χ4n) is 3.84. The molecule has 3 aliphatic rings. The lowest BCUT2D eigenvalue weighted by atomic mass is 9.86. The summed E-state index contributed by atoms with van der Waals surface area (Å²) in [7, 11) is 0. The summed E-state index contributed by atoms with van der Waals surface area (Å²) in [6.45, 7) is 3.71. The van der Waals surface area contributed by atoms with Crippen molar-refractivity contribution in [2.24, 2.45) is 5.41 Å². The minimum Gasteiger partial charge on any atom is -0.339 e. The minimum atomic E-state index is -1.61. The Morgan fingerprint density at radius 1 is 1.13 bits per heavy atom. The van der Waals surface area contributed by atoms with Crippen LogP contribution in [0.25, 0.3) is 0 Å². The normalized spacial score (nSPS) is 28.7. The van der Waals surface area contributed by atoms with E-state index in [1.165, 1.54) is 0 Å². The first-order valence-corrected chi connectivity index (χ1v) is 8.26. The van der Waals surface area contributed by atoms with Gasteiger partial charge in [0.2, 0.25) is 5.91 Å². The first-order valence-electron chi connectivity index (χ1n) is 8.26. The van der Waals surface area contributed by atoms with E-state index in [9.17, 15) is 14.0 Å². The van der Waals surface area contributed by atoms with Crippen LogP contribution in [0.4, 0.5) is 10.1 Å². The molecule has 1 atom stereocenters. The van der Waals surface area contributed by atoms with E-state index < -0.39 is 5.67 Å². The minimum absolute atomic E-state index is 0.101. The highest BCUT2D eigenvalue weighted by atomic mass is 19.1. The molecule has 1 aliphatic carbocycles. The van der Waals surface area contributed by atoms with Gasteiger partial charge >= 0.3 is 0 Å². The maximum Gasteiger partial charge on any atom is 0.260 e. The number of nitrogens with zero attached hydrogens (tertiary/aromatic N) is 2. The number of amides is 2. The summed E-state index contributed by atoms with van der Waals surface area (Å²) < 4.78 is 14.0. The lowest BCUT2D eigenvalue weighted by molar-refractivity contribution is -0.137. The van der Waals surface area contributed by atoms with Crippen molar-refractivity contribution < 1.29 is 14.0 Å². The van der Waals surface area contributed by atoms with Crippen LogP contribution in [-0.4, -0.2) is 42.0 Å². The fourth-order valence-corrected chi connectivity index (χ4v) is 3.84. The second-order valence-corrected chi connectivity index (χ2v) is 7.43. The number of carbonyl (C=O) groups excluding carboxylic acids is 2. The van der Waals surface area contributed by atoms with Crippen LogP contribution in [0.2, 0.25) is 0 Å². The number of carbonyl (C=O) groups is 2. The smallest absolute Gasteiger partial charge is 0.260 e. The molecule has 0 aromatic heterocycles. The van der Waals surface area contributed by atoms with Crippen molar-refractivity contribution in [2.45, 2.75) is 38.3 Å². The number of likely N-dealkylation sites (tertiary alicyclic amines) is 1. The van der Waals surface area contributed by atoms with Crippen LogP contribution >= 0.6 is 0 Å². The molecular formula is C18H21FN2O2. The molecule has 1 aromatic rings. The number of aryl methyl sites for hydroxylation is 1. The van der Waals surface area contributed by atoms with Gasteiger partial charge in [-0.15, -0.1) is 0 Å². The first kappa shape index (κ1) is 14.7. The molecule has 0 radical (unpaired) electrons. The van der Waals surface area contributed by atoms with Crippen LogP contribution in [0.1, 0.15) is 31.2 Å². The third kappa shape index (κ3) is 2.42. The average molecular weight is 316 g/mol. The summed E-state index contributed by atoms with van der Waals surface area (Å²) in [6.07, 6.45) is 1.93. The van der Waals surface area contributed by atoms with Crippen molar-refractivity contribution in [3.05, 3.63) is 29.8 Å². The van der Waals surface area contributed by atoms with Gasteiger partial charge in [-0.1, -0.05) is 17.7 Å². The molecule has 0 bridgehead atoms. The second kappa shape index (κ2) is 4.79. The van der Waals surface area contributed by atoms with Crippen molar-refractivity contribution in [2.75, 3.05) is 24.5 Å². The SMILES string of the molecule is Cc1ccc(N2C[C@]3(CCN(C(=O)C4(F)CC4)C3)CC2=O)cc1. The molecule has 2 aliphatic heterocycles. The van der Waals surface area contributed by atoms with Gasteiger partial charge in [0.15, 0.2) is 5.67 Å². The van der Waals surface area contributed by atoms with Crippen molar-refractivity contribution in [3.63, 3.8) is 0 Å². The monoisotopic (exact) mass is 316 g/mol. The van der Waals surface area contributed by atoms with Crippen LogP contribution in [0.3, 0.4) is 0 Å². The molecule has 1 saturated carbocycles. The second-order valence-electron chi connectivity index (χ2n) is 7.43. The Labute approximate surface area is 135 Å². The van der Waals surface area contributed by atoms with E-state index in [0.29, 0.717) is 38.9 Å². The Kier molecular flexibility index (Phi) is 3.06. The van der Waals surface area contributed by atoms with E-state index in [1.54, 1.807) is 4.90 Å². The Morgan fingerprint density at radius 2 is 1.83 bits per heavy atom. The zero-order valence-electron chi connectivity index (χ0n) is 13.3. The van der Waals surface area contributed by atoms with E-state index in [1.807, 2.05) is 36.1 Å². The van der Waals surface area contributed by atoms with Crippen LogP contribution in [-0.2, 0) is 9.59 Å². The van der Waals surface area contributed by atoms with Gasteiger partial charge in [-0.25, -0.2) is 4.39 Å². The van der Waals surface area contributed by atoms with Crippen LogP contribution in [0.5, 0.6) is 0 Å². The van der Waals surface area contributed by atoms with Crippen molar-refractivity contribution in [3.8, 4) is 0 Å². The first-order chi connectivity index (χ1) is 10.9. The van der Waals surface area contributed by atoms with E-state index in [0.717, 1.165) is 17.7 Å². The molecular weight excluding hydrogens is 295 g/mol. The Morgan fingerprint density at radius 3 is 2.48 bits per heavy atom. The number of halogens is 1. The molecule has 5 heteroatoms. The highest BCUT2D eigenvalue weighted by molar-refractivity contribution is 5.96. The highest BCUT2D eigenvalue weighted by Gasteiger charge is 2.56. The predicted molar refractivity (Wildman–Crippen MR) is 84.9 cm³/mol. The van der Waals surface area contributed by atoms with Gasteiger partial charge in [0, 0.05) is 37.2 Å². The van der Waals surface area contributed by atoms with Crippen LogP contribution in [0, 0.1) is 12.3 Å². The zero-order valence-corrected chi connectivity index (χ0v) is 13.3. The van der Waals surface area contributed by atoms with Crippen LogP contribution in [0.15, 0.2) is 24.3 Å². The summed E-state index contributed by atoms with van der Waals surface area (Å²) >= 11 is 0. The molecule has 2 saturated heterocycles. The summed E-state index contributed by atoms with van der Waals surface area (Å²) in [5.74, 6) is -0.264. The third-order valence-electron chi connectivity index (χ3n) is 5.46. The average Bonchev–Trinajstić information content (AvgIpc) is 3.02. The topological polar surface area (TPSA) is 40.6 Å². The summed E-state index contributed by atoms with van der Waals surface area (Å²) in [5, 5.41) is 0. The lowest BCUT2D eigenvalue weighted by Gasteiger charge is -2.25. The fraction of sp³-hybridized carbons (Fsp3) is 0.556. The number of hydrogen-bond acceptors (Lipinski definition) is 2. The van der Waals surface area contributed by atoms with Crippen LogP contribution < -0.4 is 4.90 Å². The summed E-state index contributed by atoms with van der Waals surface area (Å²) in [6, 6.07) is 7.92. The number of alkyl halides is 1. The molecule has 2 amide bonds. The zero-order chi connectivity index (χ0) is 16.2. The van der Waals surface area contributed by atoms with Crippen molar-refractivity contribution in [1.82, 2.24) is 4.90 Å². The Balaban J connectivity index is 1.50. The van der Waals surface area contributed by atoms with E-state index in [-0.39, 0.29) is 17.2 Å². The summed E-state index contributed by atoms with van der Waals surface area (Å²) in [4.78, 5) is 28.1. The largest absolute Gasteiger partial charge is 0.339 e. The molecule has 1 spiro atoms. The Bertz CT molecular complexity index is 668. The van der Waals surface area contributed by atoms with Gasteiger partial charge in [0.05, 0.1) is 0 Å². The standard InChI is InChI=1S/C18H21FN2O2/c1-13-2-4-14(5-3-13)21-12-17(10-15(21)22)8-9-20(11-17)16(23)18(19)6-7-18/h2-5H,6-12H2,1H3/t17-/m1/s1. The number of benzene rings is 1. The Hall–Kier alpha value is -1.91. The third-order valence-corrected chi connectivity index (χ3v) is 5.46. The predicted octanol–water partition coefficient (Wildman–Crippen LogP) is 2.45.